The van der Waals surface area contributed by atoms with Crippen LogP contribution in [0.25, 0.3) is 26.3 Å². The van der Waals surface area contributed by atoms with Gasteiger partial charge in [-0.25, -0.2) is 9.78 Å². The molecule has 0 radical (unpaired) electrons. The second-order valence-electron chi connectivity index (χ2n) is 6.45. The van der Waals surface area contributed by atoms with E-state index in [0.29, 0.717) is 32.4 Å². The van der Waals surface area contributed by atoms with Crippen LogP contribution in [0.4, 0.5) is 0 Å². The Balaban J connectivity index is 1.71. The average molecular weight is 457 g/mol. The molecule has 7 nitrogen and oxygen atoms in total. The van der Waals surface area contributed by atoms with Gasteiger partial charge in [0.25, 0.3) is 5.56 Å². The van der Waals surface area contributed by atoms with E-state index in [1.165, 1.54) is 36.5 Å². The topological polar surface area (TPSA) is 79.7 Å². The number of hydrogen-bond acceptors (Lipinski definition) is 7. The van der Waals surface area contributed by atoms with Crippen molar-refractivity contribution in [3.63, 3.8) is 0 Å². The maximum absolute atomic E-state index is 13.1. The number of aromatic nitrogens is 2. The summed E-state index contributed by atoms with van der Waals surface area (Å²) < 4.78 is 17.3. The summed E-state index contributed by atoms with van der Waals surface area (Å²) in [6.45, 7) is -0.248. The van der Waals surface area contributed by atoms with Gasteiger partial charge in [-0.2, -0.15) is 0 Å². The van der Waals surface area contributed by atoms with Gasteiger partial charge in [0.2, 0.25) is 0 Å². The summed E-state index contributed by atoms with van der Waals surface area (Å²) in [4.78, 5) is 29.8. The summed E-state index contributed by atoms with van der Waals surface area (Å²) in [5.41, 5.74) is 1.96. The van der Waals surface area contributed by atoms with Crippen molar-refractivity contribution in [3.8, 4) is 27.6 Å². The Morgan fingerprint density at radius 2 is 1.87 bits per heavy atom. The minimum atomic E-state index is -0.508. The third kappa shape index (κ3) is 4.26. The summed E-state index contributed by atoms with van der Waals surface area (Å²) in [5, 5.41) is 0.651. The first-order chi connectivity index (χ1) is 15.0. The van der Waals surface area contributed by atoms with E-state index < -0.39 is 5.97 Å². The molecular weight excluding hydrogens is 440 g/mol. The molecule has 0 saturated carbocycles. The van der Waals surface area contributed by atoms with Crippen molar-refractivity contribution in [2.75, 3.05) is 20.8 Å². The van der Waals surface area contributed by atoms with Gasteiger partial charge in [-0.15, -0.1) is 11.3 Å². The number of thiophene rings is 1. The first-order valence-corrected chi connectivity index (χ1v) is 10.3. The second kappa shape index (κ2) is 8.79. The predicted octanol–water partition coefficient (Wildman–Crippen LogP) is 4.33. The van der Waals surface area contributed by atoms with Crippen LogP contribution in [0.5, 0.6) is 11.5 Å². The van der Waals surface area contributed by atoms with Crippen molar-refractivity contribution in [2.24, 2.45) is 0 Å². The van der Waals surface area contributed by atoms with Crippen LogP contribution >= 0.6 is 22.9 Å². The highest BCUT2D eigenvalue weighted by atomic mass is 35.5. The van der Waals surface area contributed by atoms with E-state index in [4.69, 9.17) is 21.1 Å². The smallest absolute Gasteiger partial charge is 0.343 e. The van der Waals surface area contributed by atoms with Gasteiger partial charge in [0.15, 0.2) is 18.1 Å². The van der Waals surface area contributed by atoms with Crippen molar-refractivity contribution >= 4 is 39.1 Å². The minimum Gasteiger partial charge on any atom is -0.493 e. The average Bonchev–Trinajstić information content (AvgIpc) is 3.23. The maximum atomic E-state index is 13.1. The van der Waals surface area contributed by atoms with E-state index in [2.05, 4.69) is 9.72 Å². The van der Waals surface area contributed by atoms with Crippen LogP contribution in [-0.2, 0) is 9.53 Å². The molecule has 0 bridgehead atoms. The van der Waals surface area contributed by atoms with Gasteiger partial charge in [-0.1, -0.05) is 23.7 Å². The molecular formula is C22H17ClN2O5S. The van der Waals surface area contributed by atoms with Crippen LogP contribution in [-0.4, -0.2) is 36.3 Å². The quantitative estimate of drug-likeness (QED) is 0.402. The van der Waals surface area contributed by atoms with E-state index in [1.54, 1.807) is 18.2 Å². The molecule has 4 aromatic rings. The van der Waals surface area contributed by atoms with Gasteiger partial charge in [0, 0.05) is 16.0 Å². The van der Waals surface area contributed by atoms with Crippen molar-refractivity contribution in [1.29, 1.82) is 0 Å². The number of nitrogens with zero attached hydrogens (tertiary/aromatic N) is 2. The molecule has 158 valence electrons. The lowest BCUT2D eigenvalue weighted by Gasteiger charge is -2.12. The lowest BCUT2D eigenvalue weighted by Crippen LogP contribution is -2.18. The van der Waals surface area contributed by atoms with E-state index in [1.807, 2.05) is 30.3 Å². The molecule has 0 N–H and O–H groups in total. The van der Waals surface area contributed by atoms with Gasteiger partial charge in [-0.05, 0) is 35.9 Å². The molecule has 31 heavy (non-hydrogen) atoms. The third-order valence-electron chi connectivity index (χ3n) is 4.57. The Hall–Kier alpha value is -3.36. The fourth-order valence-electron chi connectivity index (χ4n) is 2.97. The highest BCUT2D eigenvalue weighted by Gasteiger charge is 2.14. The Kier molecular flexibility index (Phi) is 5.92. The number of rotatable bonds is 6. The number of fused-ring (bicyclic) bond motifs is 1. The Morgan fingerprint density at radius 1 is 1.10 bits per heavy atom. The molecule has 0 aliphatic carbocycles. The Bertz CT molecular complexity index is 1310. The van der Waals surface area contributed by atoms with Crippen LogP contribution in [0, 0.1) is 0 Å². The Labute approximate surface area is 186 Å². The summed E-state index contributed by atoms with van der Waals surface area (Å²) >= 11 is 7.34. The van der Waals surface area contributed by atoms with Crippen LogP contribution in [0.2, 0.25) is 5.02 Å². The van der Waals surface area contributed by atoms with Gasteiger partial charge in [0.05, 0.1) is 25.4 Å². The number of halogens is 1. The molecule has 0 unspecified atom stereocenters. The van der Waals surface area contributed by atoms with E-state index in [0.717, 1.165) is 10.4 Å². The standard InChI is InChI=1S/C22H17ClN2O5S/c1-28-18-9-15(7-8-17(18)30-11-20(26)29-2)25-12-24-16-10-19(31-21(16)22(25)27)13-3-5-14(23)6-4-13/h3-10,12H,11H2,1-2H3. The molecule has 9 heteroatoms. The van der Waals surface area contributed by atoms with Crippen LogP contribution in [0.1, 0.15) is 0 Å². The van der Waals surface area contributed by atoms with Crippen molar-refractivity contribution in [1.82, 2.24) is 9.55 Å². The number of carbonyl (C=O) groups is 1. The minimum absolute atomic E-state index is 0.194. The molecule has 0 aliphatic heterocycles. The van der Waals surface area contributed by atoms with Crippen molar-refractivity contribution < 1.29 is 19.0 Å². The maximum Gasteiger partial charge on any atom is 0.343 e. The van der Waals surface area contributed by atoms with E-state index in [-0.39, 0.29) is 12.2 Å². The largest absolute Gasteiger partial charge is 0.493 e. The van der Waals surface area contributed by atoms with Gasteiger partial charge >= 0.3 is 5.97 Å². The molecule has 4 rings (SSSR count). The number of esters is 1. The number of benzene rings is 2. The zero-order valence-corrected chi connectivity index (χ0v) is 18.2. The lowest BCUT2D eigenvalue weighted by molar-refractivity contribution is -0.142. The fourth-order valence-corrected chi connectivity index (χ4v) is 4.15. The molecule has 0 saturated heterocycles. The summed E-state index contributed by atoms with van der Waals surface area (Å²) in [6, 6.07) is 14.3. The zero-order valence-electron chi connectivity index (χ0n) is 16.6. The highest BCUT2D eigenvalue weighted by molar-refractivity contribution is 7.22. The van der Waals surface area contributed by atoms with Gasteiger partial charge in [0.1, 0.15) is 11.0 Å². The van der Waals surface area contributed by atoms with Crippen LogP contribution in [0.15, 0.2) is 59.7 Å². The normalized spacial score (nSPS) is 10.8. The van der Waals surface area contributed by atoms with Gasteiger partial charge in [-0.3, -0.25) is 9.36 Å². The van der Waals surface area contributed by atoms with Crippen molar-refractivity contribution in [3.05, 3.63) is 70.2 Å². The van der Waals surface area contributed by atoms with E-state index >= 15 is 0 Å². The summed E-state index contributed by atoms with van der Waals surface area (Å²) in [7, 11) is 2.76. The van der Waals surface area contributed by atoms with E-state index in [9.17, 15) is 9.59 Å². The lowest BCUT2D eigenvalue weighted by atomic mass is 10.2. The molecule has 0 atom stereocenters. The molecule has 0 fully saturated rings. The zero-order chi connectivity index (χ0) is 22.0. The monoisotopic (exact) mass is 456 g/mol. The molecule has 0 spiro atoms. The molecule has 2 aromatic heterocycles. The summed E-state index contributed by atoms with van der Waals surface area (Å²) in [5.74, 6) is 0.229. The molecule has 0 aliphatic rings. The first kappa shape index (κ1) is 20.9. The fraction of sp³-hybridized carbons (Fsp3) is 0.136. The SMILES string of the molecule is COC(=O)COc1ccc(-n2cnc3cc(-c4ccc(Cl)cc4)sc3c2=O)cc1OC. The second-order valence-corrected chi connectivity index (χ2v) is 7.94. The third-order valence-corrected chi connectivity index (χ3v) is 5.98. The molecule has 2 heterocycles. The van der Waals surface area contributed by atoms with Crippen LogP contribution in [0.3, 0.4) is 0 Å². The van der Waals surface area contributed by atoms with Crippen LogP contribution < -0.4 is 15.0 Å². The highest BCUT2D eigenvalue weighted by Crippen LogP contribution is 2.32. The number of ether oxygens (including phenoxy) is 3. The number of hydrogen-bond donors (Lipinski definition) is 0. The predicted molar refractivity (Wildman–Crippen MR) is 120 cm³/mol. The number of methoxy groups -OCH3 is 2. The van der Waals surface area contributed by atoms with Crippen molar-refractivity contribution in [2.45, 2.75) is 0 Å². The number of carbonyl (C=O) groups excluding carboxylic acids is 1. The molecule has 2 aromatic carbocycles. The summed E-state index contributed by atoms with van der Waals surface area (Å²) in [6.07, 6.45) is 1.48. The Morgan fingerprint density at radius 3 is 2.58 bits per heavy atom. The molecule has 0 amide bonds. The van der Waals surface area contributed by atoms with Gasteiger partial charge < -0.3 is 14.2 Å². The first-order valence-electron chi connectivity index (χ1n) is 9.15.